The van der Waals surface area contributed by atoms with Crippen LogP contribution in [0.4, 0.5) is 5.69 Å². The van der Waals surface area contributed by atoms with Gasteiger partial charge in [-0.15, -0.1) is 0 Å². The standard InChI is InChI=1S/C14H18ClNO3/c1-2-16(9-11-4-3-7-19-11)10-5-6-12(14(17)18)13(15)8-10/h5-6,8,11H,2-4,7,9H2,1H3,(H,17,18). The minimum atomic E-state index is -1.00. The molecule has 1 heterocycles. The monoisotopic (exact) mass is 283 g/mol. The van der Waals surface area contributed by atoms with Crippen LogP contribution in [0.15, 0.2) is 18.2 Å². The van der Waals surface area contributed by atoms with Gasteiger partial charge in [-0.2, -0.15) is 0 Å². The van der Waals surface area contributed by atoms with Gasteiger partial charge in [0.15, 0.2) is 0 Å². The van der Waals surface area contributed by atoms with Crippen LogP contribution in [-0.4, -0.2) is 36.9 Å². The van der Waals surface area contributed by atoms with Crippen molar-refractivity contribution >= 4 is 23.3 Å². The van der Waals surface area contributed by atoms with Gasteiger partial charge in [-0.1, -0.05) is 11.6 Å². The second-order valence-electron chi connectivity index (χ2n) is 4.64. The minimum Gasteiger partial charge on any atom is -0.478 e. The quantitative estimate of drug-likeness (QED) is 0.902. The number of rotatable bonds is 5. The Morgan fingerprint density at radius 3 is 2.89 bits per heavy atom. The highest BCUT2D eigenvalue weighted by molar-refractivity contribution is 6.33. The van der Waals surface area contributed by atoms with E-state index in [1.54, 1.807) is 18.2 Å². The second-order valence-corrected chi connectivity index (χ2v) is 5.05. The van der Waals surface area contributed by atoms with Crippen molar-refractivity contribution in [2.75, 3.05) is 24.6 Å². The molecule has 1 N–H and O–H groups in total. The van der Waals surface area contributed by atoms with Crippen molar-refractivity contribution in [1.29, 1.82) is 0 Å². The number of anilines is 1. The first-order valence-electron chi connectivity index (χ1n) is 6.51. The summed E-state index contributed by atoms with van der Waals surface area (Å²) in [6, 6.07) is 5.06. The van der Waals surface area contributed by atoms with Crippen LogP contribution in [0.2, 0.25) is 5.02 Å². The molecule has 1 aromatic carbocycles. The number of hydrogen-bond donors (Lipinski definition) is 1. The molecule has 0 spiro atoms. The Labute approximate surface area is 117 Å². The number of hydrogen-bond acceptors (Lipinski definition) is 3. The van der Waals surface area contributed by atoms with E-state index < -0.39 is 5.97 Å². The topological polar surface area (TPSA) is 49.8 Å². The van der Waals surface area contributed by atoms with Gasteiger partial charge in [0, 0.05) is 25.4 Å². The van der Waals surface area contributed by atoms with Crippen molar-refractivity contribution in [3.63, 3.8) is 0 Å². The third-order valence-electron chi connectivity index (χ3n) is 3.38. The fourth-order valence-corrected chi connectivity index (χ4v) is 2.58. The fraction of sp³-hybridized carbons (Fsp3) is 0.500. The van der Waals surface area contributed by atoms with E-state index >= 15 is 0 Å². The zero-order valence-corrected chi connectivity index (χ0v) is 11.7. The Hall–Kier alpha value is -1.26. The fourth-order valence-electron chi connectivity index (χ4n) is 2.33. The lowest BCUT2D eigenvalue weighted by atomic mass is 10.1. The van der Waals surface area contributed by atoms with Crippen LogP contribution in [0, 0.1) is 0 Å². The highest BCUT2D eigenvalue weighted by atomic mass is 35.5. The maximum Gasteiger partial charge on any atom is 0.337 e. The first kappa shape index (κ1) is 14.2. The smallest absolute Gasteiger partial charge is 0.337 e. The zero-order valence-electron chi connectivity index (χ0n) is 10.9. The molecule has 1 fully saturated rings. The summed E-state index contributed by atoms with van der Waals surface area (Å²) >= 11 is 6.00. The molecule has 5 heteroatoms. The van der Waals surface area contributed by atoms with Crippen LogP contribution in [0.5, 0.6) is 0 Å². The Bertz CT molecular complexity index is 458. The Morgan fingerprint density at radius 1 is 1.58 bits per heavy atom. The van der Waals surface area contributed by atoms with Crippen LogP contribution in [0.3, 0.4) is 0 Å². The van der Waals surface area contributed by atoms with Gasteiger partial charge in [0.05, 0.1) is 16.7 Å². The van der Waals surface area contributed by atoms with Crippen molar-refractivity contribution in [3.8, 4) is 0 Å². The Balaban J connectivity index is 2.13. The molecule has 1 aliphatic heterocycles. The summed E-state index contributed by atoms with van der Waals surface area (Å²) in [6.07, 6.45) is 2.45. The van der Waals surface area contributed by atoms with Crippen LogP contribution in [0.1, 0.15) is 30.1 Å². The molecule has 0 amide bonds. The van der Waals surface area contributed by atoms with Crippen molar-refractivity contribution in [2.24, 2.45) is 0 Å². The number of likely N-dealkylation sites (N-methyl/N-ethyl adjacent to an activating group) is 1. The summed E-state index contributed by atoms with van der Waals surface area (Å²) in [4.78, 5) is 13.1. The predicted molar refractivity (Wildman–Crippen MR) is 75.3 cm³/mol. The summed E-state index contributed by atoms with van der Waals surface area (Å²) in [7, 11) is 0. The van der Waals surface area contributed by atoms with E-state index in [1.165, 1.54) is 0 Å². The lowest BCUT2D eigenvalue weighted by Gasteiger charge is -2.26. The first-order valence-corrected chi connectivity index (χ1v) is 6.89. The van der Waals surface area contributed by atoms with Gasteiger partial charge in [0.2, 0.25) is 0 Å². The normalized spacial score (nSPS) is 18.5. The van der Waals surface area contributed by atoms with Gasteiger partial charge in [0.1, 0.15) is 0 Å². The molecule has 1 atom stereocenters. The zero-order chi connectivity index (χ0) is 13.8. The molecule has 1 saturated heterocycles. The van der Waals surface area contributed by atoms with E-state index in [4.69, 9.17) is 21.4 Å². The van der Waals surface area contributed by atoms with E-state index in [-0.39, 0.29) is 16.7 Å². The van der Waals surface area contributed by atoms with Crippen molar-refractivity contribution in [2.45, 2.75) is 25.9 Å². The highest BCUT2D eigenvalue weighted by Gasteiger charge is 2.19. The molecule has 19 heavy (non-hydrogen) atoms. The van der Waals surface area contributed by atoms with E-state index in [1.807, 2.05) is 0 Å². The molecule has 0 saturated carbocycles. The highest BCUT2D eigenvalue weighted by Crippen LogP contribution is 2.25. The van der Waals surface area contributed by atoms with Crippen molar-refractivity contribution in [1.82, 2.24) is 0 Å². The number of carbonyl (C=O) groups is 1. The van der Waals surface area contributed by atoms with Crippen LogP contribution in [-0.2, 0) is 4.74 Å². The van der Waals surface area contributed by atoms with E-state index in [2.05, 4.69) is 11.8 Å². The van der Waals surface area contributed by atoms with Crippen LogP contribution in [0.25, 0.3) is 0 Å². The molecule has 0 aliphatic carbocycles. The van der Waals surface area contributed by atoms with Crippen molar-refractivity contribution in [3.05, 3.63) is 28.8 Å². The van der Waals surface area contributed by atoms with Gasteiger partial charge in [0.25, 0.3) is 0 Å². The summed E-state index contributed by atoms with van der Waals surface area (Å²) in [6.45, 7) is 4.55. The number of halogens is 1. The van der Waals surface area contributed by atoms with E-state index in [0.717, 1.165) is 38.2 Å². The number of aromatic carboxylic acids is 1. The van der Waals surface area contributed by atoms with E-state index in [9.17, 15) is 4.79 Å². The SMILES string of the molecule is CCN(CC1CCCO1)c1ccc(C(=O)O)c(Cl)c1. The molecule has 1 unspecified atom stereocenters. The van der Waals surface area contributed by atoms with Gasteiger partial charge < -0.3 is 14.7 Å². The largest absolute Gasteiger partial charge is 0.478 e. The summed E-state index contributed by atoms with van der Waals surface area (Å²) in [5.41, 5.74) is 1.08. The van der Waals surface area contributed by atoms with Crippen molar-refractivity contribution < 1.29 is 14.6 Å². The van der Waals surface area contributed by atoms with E-state index in [0.29, 0.717) is 0 Å². The molecule has 104 valence electrons. The number of ether oxygens (including phenoxy) is 1. The van der Waals surface area contributed by atoms with Gasteiger partial charge in [-0.3, -0.25) is 0 Å². The number of nitrogens with zero attached hydrogens (tertiary/aromatic N) is 1. The molecule has 2 rings (SSSR count). The maximum atomic E-state index is 10.9. The maximum absolute atomic E-state index is 10.9. The summed E-state index contributed by atoms with van der Waals surface area (Å²) < 4.78 is 5.63. The summed E-state index contributed by atoms with van der Waals surface area (Å²) in [5.74, 6) is -1.00. The average molecular weight is 284 g/mol. The second kappa shape index (κ2) is 6.26. The molecule has 0 aromatic heterocycles. The summed E-state index contributed by atoms with van der Waals surface area (Å²) in [5, 5.41) is 9.24. The molecular weight excluding hydrogens is 266 g/mol. The molecule has 1 aromatic rings. The molecular formula is C14H18ClNO3. The Kier molecular flexibility index (Phi) is 4.66. The number of carboxylic acid groups (broad SMARTS) is 1. The Morgan fingerprint density at radius 2 is 2.37 bits per heavy atom. The minimum absolute atomic E-state index is 0.138. The number of benzene rings is 1. The lowest BCUT2D eigenvalue weighted by Crippen LogP contribution is -2.32. The van der Waals surface area contributed by atoms with Gasteiger partial charge in [-0.05, 0) is 38.0 Å². The van der Waals surface area contributed by atoms with Gasteiger partial charge in [-0.25, -0.2) is 4.79 Å². The number of carboxylic acids is 1. The molecule has 4 nitrogen and oxygen atoms in total. The predicted octanol–water partition coefficient (Wildman–Crippen LogP) is 3.04. The molecule has 0 radical (unpaired) electrons. The molecule has 0 bridgehead atoms. The van der Waals surface area contributed by atoms with Crippen LogP contribution < -0.4 is 4.90 Å². The third-order valence-corrected chi connectivity index (χ3v) is 3.69. The lowest BCUT2D eigenvalue weighted by molar-refractivity contribution is 0.0697. The average Bonchev–Trinajstić information content (AvgIpc) is 2.88. The first-order chi connectivity index (χ1) is 9.11. The molecule has 1 aliphatic rings. The third kappa shape index (κ3) is 3.39. The van der Waals surface area contributed by atoms with Gasteiger partial charge >= 0.3 is 5.97 Å². The van der Waals surface area contributed by atoms with Crippen LogP contribution >= 0.6 is 11.6 Å².